The van der Waals surface area contributed by atoms with Gasteiger partial charge in [0.1, 0.15) is 5.54 Å². The van der Waals surface area contributed by atoms with Gasteiger partial charge in [-0.25, -0.2) is 18.0 Å². The molecule has 2 aliphatic rings. The summed E-state index contributed by atoms with van der Waals surface area (Å²) >= 11 is 0. The number of urea groups is 1. The summed E-state index contributed by atoms with van der Waals surface area (Å²) in [4.78, 5) is 35.3. The lowest BCUT2D eigenvalue weighted by molar-refractivity contribution is -0.125. The van der Waals surface area contributed by atoms with E-state index in [1.54, 1.807) is 13.8 Å². The van der Waals surface area contributed by atoms with E-state index in [-0.39, 0.29) is 42.0 Å². The van der Waals surface area contributed by atoms with Crippen molar-refractivity contribution in [3.05, 3.63) is 29.8 Å². The number of carbonyl (C=O) groups excluding carboxylic acids is 3. The Morgan fingerprint density at radius 3 is 2.32 bits per heavy atom. The minimum absolute atomic E-state index is 0.0946. The average Bonchev–Trinajstić information content (AvgIpc) is 2.95. The zero-order valence-electron chi connectivity index (χ0n) is 15.7. The molecule has 0 saturated carbocycles. The second-order valence-electron chi connectivity index (χ2n) is 7.03. The van der Waals surface area contributed by atoms with Crippen LogP contribution in [0.25, 0.3) is 0 Å². The molecule has 1 aromatic carbocycles. The van der Waals surface area contributed by atoms with Gasteiger partial charge in [-0.1, -0.05) is 0 Å². The lowest BCUT2D eigenvalue weighted by atomic mass is 9.79. The molecule has 1 aromatic rings. The van der Waals surface area contributed by atoms with Crippen molar-refractivity contribution in [2.75, 3.05) is 19.7 Å². The number of piperidine rings is 1. The van der Waals surface area contributed by atoms with Crippen LogP contribution < -0.4 is 10.6 Å². The molecule has 0 bridgehead atoms. The van der Waals surface area contributed by atoms with Gasteiger partial charge in [0.2, 0.25) is 10.0 Å². The second kappa shape index (κ2) is 7.51. The SMILES string of the molecule is CCOC(=O)c1ccc(S(=O)(=O)N2CCC([C@@]3(C)NC(=O)NC3=O)CC2)cc1. The first-order chi connectivity index (χ1) is 13.2. The zero-order chi connectivity index (χ0) is 20.5. The molecule has 3 rings (SSSR count). The largest absolute Gasteiger partial charge is 0.462 e. The summed E-state index contributed by atoms with van der Waals surface area (Å²) < 4.78 is 32.0. The molecule has 9 nitrogen and oxygen atoms in total. The average molecular weight is 409 g/mol. The highest BCUT2D eigenvalue weighted by Gasteiger charge is 2.49. The molecular formula is C18H23N3O6S. The molecule has 2 heterocycles. The number of sulfonamides is 1. The Kier molecular flexibility index (Phi) is 5.44. The van der Waals surface area contributed by atoms with Gasteiger partial charge in [-0.15, -0.1) is 0 Å². The quantitative estimate of drug-likeness (QED) is 0.549. The van der Waals surface area contributed by atoms with Crippen molar-refractivity contribution in [1.82, 2.24) is 14.9 Å². The minimum atomic E-state index is -3.71. The van der Waals surface area contributed by atoms with Crippen molar-refractivity contribution >= 4 is 27.9 Å². The van der Waals surface area contributed by atoms with E-state index in [1.165, 1.54) is 28.6 Å². The van der Waals surface area contributed by atoms with E-state index in [2.05, 4.69) is 10.6 Å². The number of imide groups is 1. The number of ether oxygens (including phenoxy) is 1. The number of nitrogens with one attached hydrogen (secondary N) is 2. The Labute approximate surface area is 163 Å². The summed E-state index contributed by atoms with van der Waals surface area (Å²) in [5.41, 5.74) is -0.732. The van der Waals surface area contributed by atoms with Gasteiger partial charge in [0.25, 0.3) is 5.91 Å². The van der Waals surface area contributed by atoms with Crippen LogP contribution in [-0.4, -0.2) is 55.9 Å². The Bertz CT molecular complexity index is 890. The second-order valence-corrected chi connectivity index (χ2v) is 8.97. The Balaban J connectivity index is 1.69. The van der Waals surface area contributed by atoms with Gasteiger partial charge < -0.3 is 10.1 Å². The third-order valence-corrected chi connectivity index (χ3v) is 7.26. The van der Waals surface area contributed by atoms with Crippen molar-refractivity contribution in [2.24, 2.45) is 5.92 Å². The molecule has 10 heteroatoms. The predicted octanol–water partition coefficient (Wildman–Crippen LogP) is 0.862. The summed E-state index contributed by atoms with van der Waals surface area (Å²) in [5.74, 6) is -1.04. The van der Waals surface area contributed by atoms with E-state index in [0.29, 0.717) is 12.8 Å². The Morgan fingerprint density at radius 1 is 1.21 bits per heavy atom. The molecule has 2 fully saturated rings. The third kappa shape index (κ3) is 3.61. The first kappa shape index (κ1) is 20.3. The Morgan fingerprint density at radius 2 is 1.82 bits per heavy atom. The lowest BCUT2D eigenvalue weighted by Gasteiger charge is -2.38. The molecule has 28 heavy (non-hydrogen) atoms. The smallest absolute Gasteiger partial charge is 0.338 e. The van der Waals surface area contributed by atoms with E-state index in [9.17, 15) is 22.8 Å². The van der Waals surface area contributed by atoms with Crippen LogP contribution in [0.5, 0.6) is 0 Å². The number of esters is 1. The lowest BCUT2D eigenvalue weighted by Crippen LogP contribution is -2.54. The molecule has 2 aliphatic heterocycles. The van der Waals surface area contributed by atoms with Gasteiger partial charge in [-0.05, 0) is 56.9 Å². The maximum Gasteiger partial charge on any atom is 0.338 e. The van der Waals surface area contributed by atoms with Crippen molar-refractivity contribution in [2.45, 2.75) is 37.1 Å². The van der Waals surface area contributed by atoms with Crippen molar-refractivity contribution in [3.63, 3.8) is 0 Å². The van der Waals surface area contributed by atoms with Crippen LogP contribution >= 0.6 is 0 Å². The summed E-state index contributed by atoms with van der Waals surface area (Å²) in [5, 5.41) is 4.89. The topological polar surface area (TPSA) is 122 Å². The molecule has 0 unspecified atom stereocenters. The van der Waals surface area contributed by atoms with Crippen LogP contribution in [0.1, 0.15) is 37.0 Å². The van der Waals surface area contributed by atoms with E-state index >= 15 is 0 Å². The van der Waals surface area contributed by atoms with Gasteiger partial charge >= 0.3 is 12.0 Å². The maximum atomic E-state index is 12.9. The summed E-state index contributed by atoms with van der Waals surface area (Å²) in [6.45, 7) is 4.08. The van der Waals surface area contributed by atoms with Crippen LogP contribution in [0.3, 0.4) is 0 Å². The fourth-order valence-electron chi connectivity index (χ4n) is 3.64. The van der Waals surface area contributed by atoms with Crippen LogP contribution in [0.2, 0.25) is 0 Å². The highest BCUT2D eigenvalue weighted by atomic mass is 32.2. The van der Waals surface area contributed by atoms with Gasteiger partial charge in [-0.2, -0.15) is 4.31 Å². The fraction of sp³-hybridized carbons (Fsp3) is 0.500. The minimum Gasteiger partial charge on any atom is -0.462 e. The number of carbonyl (C=O) groups is 3. The third-order valence-electron chi connectivity index (χ3n) is 5.35. The van der Waals surface area contributed by atoms with Gasteiger partial charge in [0.05, 0.1) is 17.1 Å². The van der Waals surface area contributed by atoms with Crippen molar-refractivity contribution in [1.29, 1.82) is 0 Å². The van der Waals surface area contributed by atoms with Crippen LogP contribution in [0.4, 0.5) is 4.79 Å². The summed E-state index contributed by atoms with van der Waals surface area (Å²) in [6.07, 6.45) is 0.897. The number of hydrogen-bond donors (Lipinski definition) is 2. The number of nitrogens with zero attached hydrogens (tertiary/aromatic N) is 1. The Hall–Kier alpha value is -2.46. The van der Waals surface area contributed by atoms with Gasteiger partial charge in [0, 0.05) is 13.1 Å². The summed E-state index contributed by atoms with van der Waals surface area (Å²) in [7, 11) is -3.71. The normalized spacial score (nSPS) is 23.9. The molecular weight excluding hydrogens is 386 g/mol. The van der Waals surface area contributed by atoms with Crippen LogP contribution in [-0.2, 0) is 19.6 Å². The molecule has 1 atom stereocenters. The number of rotatable bonds is 5. The van der Waals surface area contributed by atoms with Crippen molar-refractivity contribution in [3.8, 4) is 0 Å². The standard InChI is InChI=1S/C18H23N3O6S/c1-3-27-15(22)12-4-6-14(7-5-12)28(25,26)21-10-8-13(9-11-21)18(2)16(23)19-17(24)20-18/h4-7,13H,3,8-11H2,1-2H3,(H2,19,20,23,24)/t18-/m1/s1. The molecule has 152 valence electrons. The molecule has 2 saturated heterocycles. The number of amides is 3. The molecule has 2 N–H and O–H groups in total. The number of hydrogen-bond acceptors (Lipinski definition) is 6. The molecule has 0 spiro atoms. The zero-order valence-corrected chi connectivity index (χ0v) is 16.5. The molecule has 3 amide bonds. The molecule has 0 aromatic heterocycles. The van der Waals surface area contributed by atoms with E-state index in [0.717, 1.165) is 0 Å². The van der Waals surface area contributed by atoms with Crippen LogP contribution in [0.15, 0.2) is 29.2 Å². The predicted molar refractivity (Wildman–Crippen MR) is 99.0 cm³/mol. The highest BCUT2D eigenvalue weighted by molar-refractivity contribution is 7.89. The van der Waals surface area contributed by atoms with Crippen molar-refractivity contribution < 1.29 is 27.5 Å². The van der Waals surface area contributed by atoms with Crippen LogP contribution in [0, 0.1) is 5.92 Å². The van der Waals surface area contributed by atoms with Gasteiger partial charge in [-0.3, -0.25) is 10.1 Å². The highest BCUT2D eigenvalue weighted by Crippen LogP contribution is 2.32. The number of benzene rings is 1. The maximum absolute atomic E-state index is 12.9. The van der Waals surface area contributed by atoms with E-state index in [1.807, 2.05) is 0 Å². The van der Waals surface area contributed by atoms with E-state index < -0.39 is 27.6 Å². The molecule has 0 radical (unpaired) electrons. The monoisotopic (exact) mass is 409 g/mol. The fourth-order valence-corrected chi connectivity index (χ4v) is 5.11. The first-order valence-electron chi connectivity index (χ1n) is 9.09. The van der Waals surface area contributed by atoms with E-state index in [4.69, 9.17) is 4.74 Å². The first-order valence-corrected chi connectivity index (χ1v) is 10.5. The van der Waals surface area contributed by atoms with Gasteiger partial charge in [0.15, 0.2) is 0 Å². The summed E-state index contributed by atoms with van der Waals surface area (Å²) in [6, 6.07) is 5.11. The molecule has 0 aliphatic carbocycles.